The summed E-state index contributed by atoms with van der Waals surface area (Å²) < 4.78 is 20.1. The average molecular weight is 459 g/mol. The minimum atomic E-state index is -1.35. The molecule has 160 valence electrons. The SMILES string of the molecule is CC(C)(O)c1cc(CN2C(=O)COc3ccc(C=C4SC(=S)NC4=O)cc32)ccc1F. The number of hydrogen-bond donors (Lipinski definition) is 2. The third kappa shape index (κ3) is 4.48. The number of hydrogen-bond acceptors (Lipinski definition) is 6. The van der Waals surface area contributed by atoms with Gasteiger partial charge < -0.3 is 20.1 Å². The first kappa shape index (κ1) is 21.5. The fraction of sp³-hybridized carbons (Fsp3) is 0.227. The number of carbonyl (C=O) groups is 2. The summed E-state index contributed by atoms with van der Waals surface area (Å²) in [5.41, 5.74) is 0.725. The molecule has 0 saturated carbocycles. The lowest BCUT2D eigenvalue weighted by Crippen LogP contribution is -2.38. The molecule has 9 heteroatoms. The summed E-state index contributed by atoms with van der Waals surface area (Å²) in [5.74, 6) is -0.488. The summed E-state index contributed by atoms with van der Waals surface area (Å²) in [6, 6.07) is 9.72. The standard InChI is InChI=1S/C22H19FN2O4S2/c1-22(2,28)14-7-13(3-5-15(14)23)10-25-16-8-12(4-6-17(16)29-11-19(25)26)9-18-20(27)24-21(30)31-18/h3-9,28H,10-11H2,1-2H3,(H,24,27,30). The van der Waals surface area contributed by atoms with E-state index in [1.807, 2.05) is 0 Å². The zero-order valence-electron chi connectivity index (χ0n) is 16.8. The highest BCUT2D eigenvalue weighted by molar-refractivity contribution is 8.26. The molecular formula is C22H19FN2O4S2. The molecule has 31 heavy (non-hydrogen) atoms. The Labute approximate surface area is 188 Å². The van der Waals surface area contributed by atoms with Crippen LogP contribution >= 0.6 is 24.0 Å². The number of halogens is 1. The van der Waals surface area contributed by atoms with Crippen molar-refractivity contribution < 1.29 is 23.8 Å². The molecule has 2 aromatic carbocycles. The first-order valence-corrected chi connectivity index (χ1v) is 10.7. The van der Waals surface area contributed by atoms with E-state index in [1.54, 1.807) is 41.3 Å². The number of fused-ring (bicyclic) bond motifs is 1. The van der Waals surface area contributed by atoms with Crippen molar-refractivity contribution in [1.82, 2.24) is 5.32 Å². The van der Waals surface area contributed by atoms with Crippen LogP contribution in [-0.4, -0.2) is 27.8 Å². The quantitative estimate of drug-likeness (QED) is 0.540. The topological polar surface area (TPSA) is 78.9 Å². The second-order valence-electron chi connectivity index (χ2n) is 7.72. The van der Waals surface area contributed by atoms with Gasteiger partial charge in [0.15, 0.2) is 6.61 Å². The van der Waals surface area contributed by atoms with E-state index < -0.39 is 11.4 Å². The fourth-order valence-electron chi connectivity index (χ4n) is 3.38. The summed E-state index contributed by atoms with van der Waals surface area (Å²) in [4.78, 5) is 26.6. The van der Waals surface area contributed by atoms with Crippen LogP contribution < -0.4 is 15.0 Å². The molecule has 0 spiro atoms. The number of nitrogens with one attached hydrogen (secondary N) is 1. The number of carbonyl (C=O) groups excluding carboxylic acids is 2. The maximum absolute atomic E-state index is 14.2. The Morgan fingerprint density at radius 3 is 2.74 bits per heavy atom. The van der Waals surface area contributed by atoms with E-state index in [1.165, 1.54) is 31.7 Å². The number of ether oxygens (including phenoxy) is 1. The van der Waals surface area contributed by atoms with Crippen LogP contribution in [0.15, 0.2) is 41.3 Å². The molecule has 2 aliphatic rings. The molecule has 0 aliphatic carbocycles. The fourth-order valence-corrected chi connectivity index (χ4v) is 4.42. The number of thioether (sulfide) groups is 1. The van der Waals surface area contributed by atoms with Crippen molar-refractivity contribution in [2.75, 3.05) is 11.5 Å². The number of thiocarbonyl (C=S) groups is 1. The van der Waals surface area contributed by atoms with Crippen molar-refractivity contribution in [1.29, 1.82) is 0 Å². The predicted molar refractivity (Wildman–Crippen MR) is 121 cm³/mol. The van der Waals surface area contributed by atoms with Crippen LogP contribution in [0.4, 0.5) is 10.1 Å². The third-order valence-electron chi connectivity index (χ3n) is 4.90. The molecule has 2 amide bonds. The summed E-state index contributed by atoms with van der Waals surface area (Å²) in [7, 11) is 0. The number of benzene rings is 2. The molecular weight excluding hydrogens is 439 g/mol. The van der Waals surface area contributed by atoms with E-state index >= 15 is 0 Å². The van der Waals surface area contributed by atoms with Crippen molar-refractivity contribution in [3.8, 4) is 5.75 Å². The van der Waals surface area contributed by atoms with Gasteiger partial charge in [0.25, 0.3) is 11.8 Å². The molecule has 0 bridgehead atoms. The lowest BCUT2D eigenvalue weighted by molar-refractivity contribution is -0.121. The van der Waals surface area contributed by atoms with E-state index in [4.69, 9.17) is 17.0 Å². The maximum Gasteiger partial charge on any atom is 0.265 e. The first-order chi connectivity index (χ1) is 14.6. The molecule has 4 rings (SSSR count). The summed E-state index contributed by atoms with van der Waals surface area (Å²) in [5, 5.41) is 12.8. The van der Waals surface area contributed by atoms with Gasteiger partial charge in [-0.1, -0.05) is 36.1 Å². The molecule has 2 aliphatic heterocycles. The second kappa shape index (κ2) is 8.07. The number of amides is 2. The van der Waals surface area contributed by atoms with Gasteiger partial charge in [0.2, 0.25) is 0 Å². The van der Waals surface area contributed by atoms with E-state index in [0.29, 0.717) is 31.8 Å². The number of rotatable bonds is 4. The summed E-state index contributed by atoms with van der Waals surface area (Å²) in [6.45, 7) is 3.08. The molecule has 0 atom stereocenters. The third-order valence-corrected chi connectivity index (χ3v) is 6.06. The van der Waals surface area contributed by atoms with Gasteiger partial charge >= 0.3 is 0 Å². The highest BCUT2D eigenvalue weighted by Crippen LogP contribution is 2.36. The van der Waals surface area contributed by atoms with Crippen molar-refractivity contribution in [3.05, 3.63) is 63.8 Å². The highest BCUT2D eigenvalue weighted by atomic mass is 32.2. The molecule has 0 aromatic heterocycles. The van der Waals surface area contributed by atoms with Gasteiger partial charge in [0.1, 0.15) is 15.9 Å². The van der Waals surface area contributed by atoms with Crippen LogP contribution in [0.25, 0.3) is 6.08 Å². The Morgan fingerprint density at radius 2 is 2.06 bits per heavy atom. The maximum atomic E-state index is 14.2. The normalized spacial score (nSPS) is 17.6. The molecule has 0 unspecified atom stereocenters. The largest absolute Gasteiger partial charge is 0.482 e. The van der Waals surface area contributed by atoms with Crippen LogP contribution in [0.3, 0.4) is 0 Å². The average Bonchev–Trinajstić information content (AvgIpc) is 3.01. The molecule has 1 fully saturated rings. The van der Waals surface area contributed by atoms with Gasteiger partial charge in [-0.25, -0.2) is 4.39 Å². The Morgan fingerprint density at radius 1 is 1.29 bits per heavy atom. The second-order valence-corrected chi connectivity index (χ2v) is 9.44. The number of anilines is 1. The Kier molecular flexibility index (Phi) is 5.59. The van der Waals surface area contributed by atoms with Crippen molar-refractivity contribution >= 4 is 51.9 Å². The molecule has 6 nitrogen and oxygen atoms in total. The lowest BCUT2D eigenvalue weighted by Gasteiger charge is -2.30. The van der Waals surface area contributed by atoms with Crippen LogP contribution in [-0.2, 0) is 21.7 Å². The lowest BCUT2D eigenvalue weighted by atomic mass is 9.95. The Bertz CT molecular complexity index is 1140. The minimum Gasteiger partial charge on any atom is -0.482 e. The predicted octanol–water partition coefficient (Wildman–Crippen LogP) is 3.47. The van der Waals surface area contributed by atoms with E-state index in [0.717, 1.165) is 0 Å². The molecule has 2 heterocycles. The Hall–Kier alpha value is -2.75. The van der Waals surface area contributed by atoms with Crippen molar-refractivity contribution in [2.24, 2.45) is 0 Å². The Balaban J connectivity index is 1.68. The summed E-state index contributed by atoms with van der Waals surface area (Å²) in [6.07, 6.45) is 1.70. The zero-order valence-corrected chi connectivity index (χ0v) is 18.4. The zero-order chi connectivity index (χ0) is 22.3. The van der Waals surface area contributed by atoms with Crippen LogP contribution in [0, 0.1) is 5.82 Å². The minimum absolute atomic E-state index is 0.112. The van der Waals surface area contributed by atoms with Gasteiger partial charge in [-0.05, 0) is 55.3 Å². The van der Waals surface area contributed by atoms with Gasteiger partial charge in [-0.2, -0.15) is 0 Å². The monoisotopic (exact) mass is 458 g/mol. The summed E-state index contributed by atoms with van der Waals surface area (Å²) >= 11 is 6.19. The van der Waals surface area contributed by atoms with Gasteiger partial charge in [0.05, 0.1) is 22.7 Å². The molecule has 2 aromatic rings. The van der Waals surface area contributed by atoms with Gasteiger partial charge in [-0.3, -0.25) is 9.59 Å². The van der Waals surface area contributed by atoms with Crippen molar-refractivity contribution in [3.63, 3.8) is 0 Å². The molecule has 2 N–H and O–H groups in total. The van der Waals surface area contributed by atoms with E-state index in [2.05, 4.69) is 5.32 Å². The van der Waals surface area contributed by atoms with E-state index in [9.17, 15) is 19.1 Å². The van der Waals surface area contributed by atoms with Crippen LogP contribution in [0.2, 0.25) is 0 Å². The first-order valence-electron chi connectivity index (χ1n) is 9.45. The van der Waals surface area contributed by atoms with Crippen LogP contribution in [0.1, 0.15) is 30.5 Å². The number of aliphatic hydroxyl groups is 1. The van der Waals surface area contributed by atoms with Crippen LogP contribution in [0.5, 0.6) is 5.75 Å². The smallest absolute Gasteiger partial charge is 0.265 e. The molecule has 1 saturated heterocycles. The van der Waals surface area contributed by atoms with Gasteiger partial charge in [0, 0.05) is 5.56 Å². The molecule has 0 radical (unpaired) electrons. The number of nitrogens with zero attached hydrogens (tertiary/aromatic N) is 1. The highest BCUT2D eigenvalue weighted by Gasteiger charge is 2.28. The van der Waals surface area contributed by atoms with Gasteiger partial charge in [-0.15, -0.1) is 0 Å². The van der Waals surface area contributed by atoms with E-state index in [-0.39, 0.29) is 30.5 Å². The van der Waals surface area contributed by atoms with Crippen molar-refractivity contribution in [2.45, 2.75) is 26.0 Å².